The number of hydrogen-bond acceptors (Lipinski definition) is 5. The van der Waals surface area contributed by atoms with Crippen LogP contribution in [0.3, 0.4) is 0 Å². The lowest BCUT2D eigenvalue weighted by Crippen LogP contribution is -2.46. The summed E-state index contributed by atoms with van der Waals surface area (Å²) in [5, 5.41) is 3.35. The lowest BCUT2D eigenvalue weighted by molar-refractivity contribution is -0.132. The number of carbonyl (C=O) groups is 2. The third kappa shape index (κ3) is 3.19. The molecule has 1 aromatic heterocycles. The first-order valence-electron chi connectivity index (χ1n) is 6.66. The van der Waals surface area contributed by atoms with Gasteiger partial charge in [-0.15, -0.1) is 0 Å². The van der Waals surface area contributed by atoms with Crippen molar-refractivity contribution in [3.63, 3.8) is 0 Å². The van der Waals surface area contributed by atoms with Gasteiger partial charge in [-0.2, -0.15) is 0 Å². The Morgan fingerprint density at radius 2 is 2.35 bits per heavy atom. The summed E-state index contributed by atoms with van der Waals surface area (Å²) in [4.78, 5) is 24.6. The van der Waals surface area contributed by atoms with Gasteiger partial charge in [0.2, 0.25) is 5.91 Å². The van der Waals surface area contributed by atoms with Crippen LogP contribution in [0.5, 0.6) is 0 Å². The minimum absolute atomic E-state index is 0.185. The Morgan fingerprint density at radius 3 is 3.00 bits per heavy atom. The highest BCUT2D eigenvalue weighted by atomic mass is 16.5. The predicted octanol–water partition coefficient (Wildman–Crippen LogP) is 1.09. The van der Waals surface area contributed by atoms with E-state index >= 15 is 0 Å². The number of rotatable bonds is 4. The number of likely N-dealkylation sites (tertiary alicyclic amines) is 1. The molecule has 6 heteroatoms. The van der Waals surface area contributed by atoms with Crippen LogP contribution in [0.2, 0.25) is 0 Å². The molecule has 1 aliphatic heterocycles. The molecular weight excluding hydrogens is 260 g/mol. The number of esters is 1. The highest BCUT2D eigenvalue weighted by molar-refractivity contribution is 5.90. The molecule has 0 aromatic carbocycles. The molecule has 0 saturated carbocycles. The Hall–Kier alpha value is -1.82. The van der Waals surface area contributed by atoms with E-state index in [1.807, 2.05) is 7.05 Å². The maximum atomic E-state index is 11.5. The van der Waals surface area contributed by atoms with Crippen LogP contribution in [0.15, 0.2) is 10.5 Å². The number of likely N-dealkylation sites (N-methyl/N-ethyl adjacent to an activating group) is 1. The first kappa shape index (κ1) is 14.6. The Labute approximate surface area is 118 Å². The van der Waals surface area contributed by atoms with Crippen molar-refractivity contribution in [3.05, 3.63) is 23.2 Å². The van der Waals surface area contributed by atoms with Crippen molar-refractivity contribution < 1.29 is 18.7 Å². The van der Waals surface area contributed by atoms with Crippen molar-refractivity contribution in [2.75, 3.05) is 20.7 Å². The summed E-state index contributed by atoms with van der Waals surface area (Å²) in [7, 11) is 3.16. The Morgan fingerprint density at radius 1 is 1.60 bits per heavy atom. The van der Waals surface area contributed by atoms with Gasteiger partial charge >= 0.3 is 5.97 Å². The highest BCUT2D eigenvalue weighted by Gasteiger charge is 2.23. The first-order chi connectivity index (χ1) is 9.51. The van der Waals surface area contributed by atoms with Gasteiger partial charge in [0.1, 0.15) is 17.1 Å². The fourth-order valence-corrected chi connectivity index (χ4v) is 2.37. The Balaban J connectivity index is 1.91. The standard InChI is InChI=1S/C14H20N2O4/c1-9-12(14(18)19-3)6-11(20-9)7-15-10-4-5-13(17)16(2)8-10/h6,10,15H,4-5,7-8H2,1-3H3. The Kier molecular flexibility index (Phi) is 4.44. The number of nitrogens with zero attached hydrogens (tertiary/aromatic N) is 1. The quantitative estimate of drug-likeness (QED) is 0.836. The number of ether oxygens (including phenoxy) is 1. The van der Waals surface area contributed by atoms with E-state index < -0.39 is 0 Å². The maximum Gasteiger partial charge on any atom is 0.341 e. The van der Waals surface area contributed by atoms with Crippen LogP contribution in [0.25, 0.3) is 0 Å². The van der Waals surface area contributed by atoms with E-state index in [4.69, 9.17) is 4.42 Å². The molecule has 20 heavy (non-hydrogen) atoms. The number of hydrogen-bond donors (Lipinski definition) is 1. The van der Waals surface area contributed by atoms with Crippen LogP contribution >= 0.6 is 0 Å². The number of nitrogens with one attached hydrogen (secondary N) is 1. The molecule has 6 nitrogen and oxygen atoms in total. The fraction of sp³-hybridized carbons (Fsp3) is 0.571. The molecule has 1 N–H and O–H groups in total. The number of aryl methyl sites for hydroxylation is 1. The van der Waals surface area contributed by atoms with Gasteiger partial charge < -0.3 is 19.4 Å². The van der Waals surface area contributed by atoms with E-state index in [0.29, 0.717) is 36.6 Å². The molecule has 1 aliphatic rings. The van der Waals surface area contributed by atoms with Gasteiger partial charge in [0.25, 0.3) is 0 Å². The summed E-state index contributed by atoms with van der Waals surface area (Å²) in [6.07, 6.45) is 1.39. The van der Waals surface area contributed by atoms with Crippen LogP contribution in [0.4, 0.5) is 0 Å². The number of methoxy groups -OCH3 is 1. The first-order valence-corrected chi connectivity index (χ1v) is 6.66. The van der Waals surface area contributed by atoms with Gasteiger partial charge in [-0.05, 0) is 19.4 Å². The molecule has 0 aliphatic carbocycles. The van der Waals surface area contributed by atoms with Crippen molar-refractivity contribution in [3.8, 4) is 0 Å². The molecule has 0 bridgehead atoms. The second kappa shape index (κ2) is 6.09. The van der Waals surface area contributed by atoms with Crippen LogP contribution in [0, 0.1) is 6.92 Å². The molecule has 2 rings (SSSR count). The lowest BCUT2D eigenvalue weighted by atomic mass is 10.1. The number of piperidine rings is 1. The molecule has 1 unspecified atom stereocenters. The van der Waals surface area contributed by atoms with E-state index in [1.54, 1.807) is 17.9 Å². The molecule has 1 amide bonds. The number of carbonyl (C=O) groups excluding carboxylic acids is 2. The van der Waals surface area contributed by atoms with Crippen molar-refractivity contribution in [2.24, 2.45) is 0 Å². The second-order valence-corrected chi connectivity index (χ2v) is 5.06. The van der Waals surface area contributed by atoms with Crippen molar-refractivity contribution in [1.82, 2.24) is 10.2 Å². The second-order valence-electron chi connectivity index (χ2n) is 5.06. The summed E-state index contributed by atoms with van der Waals surface area (Å²) in [5.74, 6) is 1.05. The molecule has 2 heterocycles. The minimum atomic E-state index is -0.388. The summed E-state index contributed by atoms with van der Waals surface area (Å²) >= 11 is 0. The van der Waals surface area contributed by atoms with Crippen molar-refractivity contribution >= 4 is 11.9 Å². The normalized spacial score (nSPS) is 19.2. The zero-order valence-electron chi connectivity index (χ0n) is 12.1. The molecule has 0 radical (unpaired) electrons. The zero-order chi connectivity index (χ0) is 14.7. The predicted molar refractivity (Wildman–Crippen MR) is 72.3 cm³/mol. The van der Waals surface area contributed by atoms with Crippen molar-refractivity contribution in [2.45, 2.75) is 32.4 Å². The van der Waals surface area contributed by atoms with Gasteiger partial charge in [0.05, 0.1) is 13.7 Å². The lowest BCUT2D eigenvalue weighted by Gasteiger charge is -2.30. The van der Waals surface area contributed by atoms with Crippen LogP contribution in [0.1, 0.15) is 34.7 Å². The smallest absolute Gasteiger partial charge is 0.341 e. The van der Waals surface area contributed by atoms with Crippen LogP contribution in [-0.2, 0) is 16.1 Å². The van der Waals surface area contributed by atoms with E-state index in [0.717, 1.165) is 6.42 Å². The van der Waals surface area contributed by atoms with Gasteiger partial charge in [-0.1, -0.05) is 0 Å². The largest absolute Gasteiger partial charge is 0.465 e. The minimum Gasteiger partial charge on any atom is -0.465 e. The molecule has 1 atom stereocenters. The van der Waals surface area contributed by atoms with E-state index in [9.17, 15) is 9.59 Å². The number of furan rings is 1. The Bertz CT molecular complexity index is 509. The maximum absolute atomic E-state index is 11.5. The van der Waals surface area contributed by atoms with Gasteiger partial charge in [-0.3, -0.25) is 4.79 Å². The monoisotopic (exact) mass is 280 g/mol. The molecule has 110 valence electrons. The highest BCUT2D eigenvalue weighted by Crippen LogP contribution is 2.16. The fourth-order valence-electron chi connectivity index (χ4n) is 2.37. The molecule has 1 aromatic rings. The number of amides is 1. The van der Waals surface area contributed by atoms with E-state index in [2.05, 4.69) is 10.1 Å². The third-order valence-electron chi connectivity index (χ3n) is 3.57. The summed E-state index contributed by atoms with van der Waals surface area (Å²) in [6, 6.07) is 1.95. The average molecular weight is 280 g/mol. The summed E-state index contributed by atoms with van der Waals surface area (Å²) < 4.78 is 10.2. The van der Waals surface area contributed by atoms with Gasteiger partial charge in [0, 0.05) is 26.1 Å². The average Bonchev–Trinajstić information content (AvgIpc) is 2.80. The van der Waals surface area contributed by atoms with E-state index in [1.165, 1.54) is 7.11 Å². The summed E-state index contributed by atoms with van der Waals surface area (Å²) in [6.45, 7) is 2.97. The summed E-state index contributed by atoms with van der Waals surface area (Å²) in [5.41, 5.74) is 0.459. The zero-order valence-corrected chi connectivity index (χ0v) is 12.1. The third-order valence-corrected chi connectivity index (χ3v) is 3.57. The van der Waals surface area contributed by atoms with E-state index in [-0.39, 0.29) is 17.9 Å². The molecular formula is C14H20N2O4. The van der Waals surface area contributed by atoms with Crippen LogP contribution < -0.4 is 5.32 Å². The van der Waals surface area contributed by atoms with Crippen LogP contribution in [-0.4, -0.2) is 43.5 Å². The van der Waals surface area contributed by atoms with Gasteiger partial charge in [0.15, 0.2) is 0 Å². The topological polar surface area (TPSA) is 71.8 Å². The SMILES string of the molecule is COC(=O)c1cc(CNC2CCC(=O)N(C)C2)oc1C. The van der Waals surface area contributed by atoms with Crippen molar-refractivity contribution in [1.29, 1.82) is 0 Å². The molecule has 1 saturated heterocycles. The van der Waals surface area contributed by atoms with Gasteiger partial charge in [-0.25, -0.2) is 4.79 Å². The molecule has 1 fully saturated rings. The molecule has 0 spiro atoms.